The number of likely N-dealkylation sites (tertiary alicyclic amines) is 1. The molecule has 3 heterocycles. The van der Waals surface area contributed by atoms with Gasteiger partial charge in [-0.2, -0.15) is 0 Å². The van der Waals surface area contributed by atoms with E-state index in [1.165, 1.54) is 18.2 Å². The zero-order valence-electron chi connectivity index (χ0n) is 15.6. The third-order valence-electron chi connectivity index (χ3n) is 4.80. The first kappa shape index (κ1) is 18.9. The van der Waals surface area contributed by atoms with Gasteiger partial charge in [-0.25, -0.2) is 0 Å². The summed E-state index contributed by atoms with van der Waals surface area (Å²) in [6, 6.07) is 6.18. The maximum atomic E-state index is 12.7. The predicted octanol–water partition coefficient (Wildman–Crippen LogP) is 3.63. The van der Waals surface area contributed by atoms with Crippen LogP contribution in [0.25, 0.3) is 11.5 Å². The number of thioether (sulfide) groups is 1. The van der Waals surface area contributed by atoms with Crippen LogP contribution in [0, 0.1) is 0 Å². The van der Waals surface area contributed by atoms with Gasteiger partial charge >= 0.3 is 0 Å². The van der Waals surface area contributed by atoms with Gasteiger partial charge in [-0.05, 0) is 44.2 Å². The Morgan fingerprint density at radius 2 is 2.15 bits per heavy atom. The Morgan fingerprint density at radius 1 is 1.27 bits per heavy atom. The van der Waals surface area contributed by atoms with Crippen molar-refractivity contribution in [2.45, 2.75) is 63.7 Å². The van der Waals surface area contributed by atoms with Crippen LogP contribution in [-0.2, 0) is 11.3 Å². The standard InChI is InChI=1S/C19H27N5OS/c1-3-12-24-18(16-10-5-7-11-20-16)21-22-19(24)26-14-17(25)23-13-8-6-9-15(23)4-2/h5,7,10-11,15H,3-4,6,8-9,12-14H2,1-2H3. The van der Waals surface area contributed by atoms with Crippen LogP contribution in [0.5, 0.6) is 0 Å². The van der Waals surface area contributed by atoms with Gasteiger partial charge in [0.25, 0.3) is 0 Å². The SMILES string of the molecule is CCCn1c(SCC(=O)N2CCCCC2CC)nnc1-c1ccccn1. The molecule has 0 bridgehead atoms. The minimum Gasteiger partial charge on any atom is -0.339 e. The minimum atomic E-state index is 0.215. The van der Waals surface area contributed by atoms with Gasteiger partial charge < -0.3 is 9.47 Å². The van der Waals surface area contributed by atoms with E-state index in [4.69, 9.17) is 0 Å². The second-order valence-electron chi connectivity index (χ2n) is 6.61. The number of pyridine rings is 1. The average Bonchev–Trinajstić information content (AvgIpc) is 3.09. The van der Waals surface area contributed by atoms with E-state index in [1.54, 1.807) is 6.20 Å². The normalized spacial score (nSPS) is 17.5. The molecule has 1 aliphatic rings. The zero-order valence-corrected chi connectivity index (χ0v) is 16.4. The monoisotopic (exact) mass is 373 g/mol. The van der Waals surface area contributed by atoms with E-state index < -0.39 is 0 Å². The summed E-state index contributed by atoms with van der Waals surface area (Å²) in [4.78, 5) is 19.2. The lowest BCUT2D eigenvalue weighted by Crippen LogP contribution is -2.44. The van der Waals surface area contributed by atoms with Crippen molar-refractivity contribution in [2.24, 2.45) is 0 Å². The van der Waals surface area contributed by atoms with E-state index in [9.17, 15) is 4.79 Å². The molecule has 6 nitrogen and oxygen atoms in total. The molecule has 0 aromatic carbocycles. The number of aromatic nitrogens is 4. The number of piperidine rings is 1. The molecule has 0 saturated carbocycles. The average molecular weight is 374 g/mol. The Balaban J connectivity index is 1.71. The van der Waals surface area contributed by atoms with Crippen molar-refractivity contribution in [2.75, 3.05) is 12.3 Å². The second kappa shape index (κ2) is 9.16. The smallest absolute Gasteiger partial charge is 0.233 e. The van der Waals surface area contributed by atoms with Crippen LogP contribution >= 0.6 is 11.8 Å². The molecule has 0 spiro atoms. The van der Waals surface area contributed by atoms with Crippen molar-refractivity contribution in [1.29, 1.82) is 0 Å². The number of carbonyl (C=O) groups is 1. The molecule has 3 rings (SSSR count). The maximum Gasteiger partial charge on any atom is 0.233 e. The van der Waals surface area contributed by atoms with Crippen LogP contribution in [-0.4, -0.2) is 48.9 Å². The van der Waals surface area contributed by atoms with Gasteiger partial charge in [0.05, 0.1) is 5.75 Å². The molecule has 2 aromatic rings. The fourth-order valence-electron chi connectivity index (χ4n) is 3.47. The van der Waals surface area contributed by atoms with Crippen molar-refractivity contribution in [3.05, 3.63) is 24.4 Å². The molecule has 1 aliphatic heterocycles. The molecule has 140 valence electrons. The highest BCUT2D eigenvalue weighted by molar-refractivity contribution is 7.99. The molecule has 1 saturated heterocycles. The highest BCUT2D eigenvalue weighted by atomic mass is 32.2. The van der Waals surface area contributed by atoms with Crippen LogP contribution in [0.2, 0.25) is 0 Å². The van der Waals surface area contributed by atoms with E-state index in [1.807, 2.05) is 18.2 Å². The summed E-state index contributed by atoms with van der Waals surface area (Å²) in [6.45, 7) is 6.00. The van der Waals surface area contributed by atoms with Crippen molar-refractivity contribution >= 4 is 17.7 Å². The summed E-state index contributed by atoms with van der Waals surface area (Å²) in [5, 5.41) is 9.46. The van der Waals surface area contributed by atoms with Crippen LogP contribution < -0.4 is 0 Å². The van der Waals surface area contributed by atoms with Crippen LogP contribution in [0.3, 0.4) is 0 Å². The molecule has 1 fully saturated rings. The summed E-state index contributed by atoms with van der Waals surface area (Å²) >= 11 is 1.49. The molecule has 7 heteroatoms. The van der Waals surface area contributed by atoms with E-state index in [2.05, 4.69) is 38.5 Å². The van der Waals surface area contributed by atoms with Gasteiger partial charge in [0.1, 0.15) is 5.69 Å². The minimum absolute atomic E-state index is 0.215. The Kier molecular flexibility index (Phi) is 6.66. The summed E-state index contributed by atoms with van der Waals surface area (Å²) in [6.07, 6.45) is 7.24. The largest absolute Gasteiger partial charge is 0.339 e. The number of amides is 1. The summed E-state index contributed by atoms with van der Waals surface area (Å²) < 4.78 is 2.08. The first-order valence-corrected chi connectivity index (χ1v) is 10.5. The van der Waals surface area contributed by atoms with Crippen molar-refractivity contribution < 1.29 is 4.79 Å². The fourth-order valence-corrected chi connectivity index (χ4v) is 4.32. The maximum absolute atomic E-state index is 12.7. The van der Waals surface area contributed by atoms with Crippen LogP contribution in [0.4, 0.5) is 0 Å². The molecule has 0 radical (unpaired) electrons. The third kappa shape index (κ3) is 4.26. The Bertz CT molecular complexity index is 718. The number of hydrogen-bond donors (Lipinski definition) is 0. The van der Waals surface area contributed by atoms with Crippen LogP contribution in [0.15, 0.2) is 29.6 Å². The van der Waals surface area contributed by atoms with Gasteiger partial charge in [-0.3, -0.25) is 9.78 Å². The fraction of sp³-hybridized carbons (Fsp3) is 0.579. The van der Waals surface area contributed by atoms with E-state index in [0.29, 0.717) is 11.8 Å². The molecule has 1 unspecified atom stereocenters. The zero-order chi connectivity index (χ0) is 18.4. The predicted molar refractivity (Wildman–Crippen MR) is 104 cm³/mol. The van der Waals surface area contributed by atoms with Crippen molar-refractivity contribution in [1.82, 2.24) is 24.6 Å². The van der Waals surface area contributed by atoms with Gasteiger partial charge in [0, 0.05) is 25.3 Å². The van der Waals surface area contributed by atoms with Gasteiger partial charge in [-0.15, -0.1) is 10.2 Å². The van der Waals surface area contributed by atoms with E-state index >= 15 is 0 Å². The highest BCUT2D eigenvalue weighted by Gasteiger charge is 2.26. The molecule has 2 aromatic heterocycles. The van der Waals surface area contributed by atoms with Crippen molar-refractivity contribution in [3.8, 4) is 11.5 Å². The second-order valence-corrected chi connectivity index (χ2v) is 7.55. The molecule has 1 amide bonds. The Hall–Kier alpha value is -1.89. The molecule has 26 heavy (non-hydrogen) atoms. The van der Waals surface area contributed by atoms with Crippen molar-refractivity contribution in [3.63, 3.8) is 0 Å². The van der Waals surface area contributed by atoms with E-state index in [-0.39, 0.29) is 5.91 Å². The summed E-state index contributed by atoms with van der Waals surface area (Å²) in [5.74, 6) is 1.40. The quantitative estimate of drug-likeness (QED) is 0.694. The topological polar surface area (TPSA) is 63.9 Å². The number of rotatable bonds is 7. The molecule has 0 aliphatic carbocycles. The lowest BCUT2D eigenvalue weighted by atomic mass is 10.0. The lowest BCUT2D eigenvalue weighted by molar-refractivity contribution is -0.132. The molecule has 0 N–H and O–H groups in total. The first-order chi connectivity index (χ1) is 12.7. The summed E-state index contributed by atoms with van der Waals surface area (Å²) in [5.41, 5.74) is 0.814. The molecular weight excluding hydrogens is 346 g/mol. The van der Waals surface area contributed by atoms with Gasteiger partial charge in [-0.1, -0.05) is 31.7 Å². The first-order valence-electron chi connectivity index (χ1n) is 9.51. The lowest BCUT2D eigenvalue weighted by Gasteiger charge is -2.35. The molecule has 1 atom stereocenters. The van der Waals surface area contributed by atoms with E-state index in [0.717, 1.165) is 55.4 Å². The number of nitrogens with zero attached hydrogens (tertiary/aromatic N) is 5. The van der Waals surface area contributed by atoms with Gasteiger partial charge in [0.2, 0.25) is 5.91 Å². The Labute approximate surface area is 159 Å². The molecular formula is C19H27N5OS. The number of carbonyl (C=O) groups excluding carboxylic acids is 1. The van der Waals surface area contributed by atoms with Crippen LogP contribution in [0.1, 0.15) is 46.0 Å². The Morgan fingerprint density at radius 3 is 2.88 bits per heavy atom. The van der Waals surface area contributed by atoms with Gasteiger partial charge in [0.15, 0.2) is 11.0 Å². The summed E-state index contributed by atoms with van der Waals surface area (Å²) in [7, 11) is 0. The third-order valence-corrected chi connectivity index (χ3v) is 5.75. The highest BCUT2D eigenvalue weighted by Crippen LogP contribution is 2.25. The number of hydrogen-bond acceptors (Lipinski definition) is 5.